The second-order valence-electron chi connectivity index (χ2n) is 4.61. The predicted octanol–water partition coefficient (Wildman–Crippen LogP) is 2.03. The summed E-state index contributed by atoms with van der Waals surface area (Å²) in [4.78, 5) is 11.6. The first-order chi connectivity index (χ1) is 10.2. The maximum atomic E-state index is 11.6. The highest BCUT2D eigenvalue weighted by molar-refractivity contribution is 5.73. The monoisotopic (exact) mass is 289 g/mol. The van der Waals surface area contributed by atoms with Gasteiger partial charge in [-0.3, -0.25) is 0 Å². The lowest BCUT2D eigenvalue weighted by atomic mass is 10.1. The van der Waals surface area contributed by atoms with Crippen molar-refractivity contribution >= 4 is 6.03 Å². The van der Waals surface area contributed by atoms with Gasteiger partial charge in [0.25, 0.3) is 0 Å². The van der Waals surface area contributed by atoms with Gasteiger partial charge in [-0.1, -0.05) is 17.3 Å². The molecule has 2 amide bonds. The molecule has 6 nitrogen and oxygen atoms in total. The first kappa shape index (κ1) is 14.9. The van der Waals surface area contributed by atoms with E-state index >= 15 is 0 Å². The molecule has 0 radical (unpaired) electrons. The number of urea groups is 1. The highest BCUT2D eigenvalue weighted by Crippen LogP contribution is 2.11. The van der Waals surface area contributed by atoms with Crippen molar-refractivity contribution in [2.75, 3.05) is 13.7 Å². The number of nitrogens with one attached hydrogen (secondary N) is 2. The zero-order valence-electron chi connectivity index (χ0n) is 12.2. The van der Waals surface area contributed by atoms with E-state index < -0.39 is 0 Å². The number of amides is 2. The molecule has 0 spiro atoms. The number of carbonyl (C=O) groups excluding carboxylic acids is 1. The Bertz CT molecular complexity index is 578. The molecular weight excluding hydrogens is 270 g/mol. The molecule has 0 unspecified atom stereocenters. The summed E-state index contributed by atoms with van der Waals surface area (Å²) in [5.41, 5.74) is 2.02. The van der Waals surface area contributed by atoms with Gasteiger partial charge in [-0.25, -0.2) is 4.79 Å². The summed E-state index contributed by atoms with van der Waals surface area (Å²) in [6, 6.07) is 7.58. The van der Waals surface area contributed by atoms with E-state index in [1.54, 1.807) is 13.3 Å². The van der Waals surface area contributed by atoms with E-state index in [4.69, 9.17) is 9.26 Å². The molecule has 0 aliphatic heterocycles. The van der Waals surface area contributed by atoms with Crippen LogP contribution in [-0.2, 0) is 13.0 Å². The molecule has 6 heteroatoms. The quantitative estimate of drug-likeness (QED) is 0.853. The molecular formula is C15H19N3O3. The normalized spacial score (nSPS) is 10.2. The molecule has 1 aromatic carbocycles. The van der Waals surface area contributed by atoms with E-state index in [1.165, 1.54) is 0 Å². The van der Waals surface area contributed by atoms with E-state index in [0.29, 0.717) is 18.8 Å². The van der Waals surface area contributed by atoms with Gasteiger partial charge in [-0.2, -0.15) is 0 Å². The largest absolute Gasteiger partial charge is 0.497 e. The van der Waals surface area contributed by atoms with Crippen LogP contribution in [0, 0.1) is 6.92 Å². The average Bonchev–Trinajstić information content (AvgIpc) is 2.91. The lowest BCUT2D eigenvalue weighted by Gasteiger charge is -2.07. The fourth-order valence-electron chi connectivity index (χ4n) is 1.84. The van der Waals surface area contributed by atoms with Gasteiger partial charge >= 0.3 is 6.03 Å². The lowest BCUT2D eigenvalue weighted by Crippen LogP contribution is -2.36. The second-order valence-corrected chi connectivity index (χ2v) is 4.61. The SMILES string of the molecule is COc1ccc(CCNC(=O)NCc2cnoc2C)cc1. The number of rotatable bonds is 6. The Balaban J connectivity index is 1.68. The Kier molecular flexibility index (Phi) is 5.20. The molecule has 0 fully saturated rings. The average molecular weight is 289 g/mol. The first-order valence-electron chi connectivity index (χ1n) is 6.74. The minimum Gasteiger partial charge on any atom is -0.497 e. The Morgan fingerprint density at radius 1 is 1.29 bits per heavy atom. The van der Waals surface area contributed by atoms with Crippen molar-refractivity contribution in [3.63, 3.8) is 0 Å². The Morgan fingerprint density at radius 2 is 2.05 bits per heavy atom. The topological polar surface area (TPSA) is 76.4 Å². The number of hydrogen-bond acceptors (Lipinski definition) is 4. The van der Waals surface area contributed by atoms with Crippen molar-refractivity contribution in [2.45, 2.75) is 19.9 Å². The minimum atomic E-state index is -0.205. The fourth-order valence-corrected chi connectivity index (χ4v) is 1.84. The van der Waals surface area contributed by atoms with E-state index in [1.807, 2.05) is 31.2 Å². The van der Waals surface area contributed by atoms with Crippen LogP contribution in [-0.4, -0.2) is 24.8 Å². The van der Waals surface area contributed by atoms with Crippen LogP contribution in [0.4, 0.5) is 4.79 Å². The predicted molar refractivity (Wildman–Crippen MR) is 78.2 cm³/mol. The molecule has 0 aliphatic carbocycles. The van der Waals surface area contributed by atoms with Crippen molar-refractivity contribution in [2.24, 2.45) is 0 Å². The Labute approximate surface area is 123 Å². The van der Waals surface area contributed by atoms with Crippen molar-refractivity contribution in [1.29, 1.82) is 0 Å². The summed E-state index contributed by atoms with van der Waals surface area (Å²) in [6.07, 6.45) is 2.37. The molecule has 21 heavy (non-hydrogen) atoms. The van der Waals surface area contributed by atoms with Crippen LogP contribution >= 0.6 is 0 Å². The van der Waals surface area contributed by atoms with Crippen LogP contribution in [0.2, 0.25) is 0 Å². The molecule has 1 heterocycles. The third-order valence-corrected chi connectivity index (χ3v) is 3.15. The minimum absolute atomic E-state index is 0.205. The summed E-state index contributed by atoms with van der Waals surface area (Å²) in [5, 5.41) is 9.23. The molecule has 0 aliphatic rings. The Hall–Kier alpha value is -2.50. The maximum absolute atomic E-state index is 11.6. The number of aromatic nitrogens is 1. The second kappa shape index (κ2) is 7.33. The summed E-state index contributed by atoms with van der Waals surface area (Å²) >= 11 is 0. The van der Waals surface area contributed by atoms with Gasteiger partial charge in [0.15, 0.2) is 0 Å². The molecule has 2 aromatic rings. The lowest BCUT2D eigenvalue weighted by molar-refractivity contribution is 0.240. The smallest absolute Gasteiger partial charge is 0.315 e. The van der Waals surface area contributed by atoms with Crippen LogP contribution < -0.4 is 15.4 Å². The summed E-state index contributed by atoms with van der Waals surface area (Å²) < 4.78 is 10.0. The van der Waals surface area contributed by atoms with Crippen molar-refractivity contribution in [1.82, 2.24) is 15.8 Å². The zero-order valence-corrected chi connectivity index (χ0v) is 12.2. The maximum Gasteiger partial charge on any atom is 0.315 e. The van der Waals surface area contributed by atoms with Gasteiger partial charge in [0.1, 0.15) is 11.5 Å². The molecule has 0 atom stereocenters. The molecule has 0 saturated heterocycles. The summed E-state index contributed by atoms with van der Waals surface area (Å²) in [6.45, 7) is 2.79. The molecule has 0 bridgehead atoms. The van der Waals surface area contributed by atoms with Gasteiger partial charge in [-0.05, 0) is 31.0 Å². The fraction of sp³-hybridized carbons (Fsp3) is 0.333. The van der Waals surface area contributed by atoms with Gasteiger partial charge in [0, 0.05) is 18.7 Å². The van der Waals surface area contributed by atoms with E-state index in [2.05, 4.69) is 15.8 Å². The third kappa shape index (κ3) is 4.52. The van der Waals surface area contributed by atoms with Gasteiger partial charge in [0.2, 0.25) is 0 Å². The van der Waals surface area contributed by atoms with Crippen molar-refractivity contribution in [3.8, 4) is 5.75 Å². The highest BCUT2D eigenvalue weighted by Gasteiger charge is 2.05. The molecule has 1 aromatic heterocycles. The number of ether oxygens (including phenoxy) is 1. The molecule has 2 rings (SSSR count). The van der Waals surface area contributed by atoms with Crippen molar-refractivity contribution in [3.05, 3.63) is 47.3 Å². The zero-order chi connectivity index (χ0) is 15.1. The van der Waals surface area contributed by atoms with E-state index in [0.717, 1.165) is 23.3 Å². The van der Waals surface area contributed by atoms with Crippen LogP contribution in [0.25, 0.3) is 0 Å². The first-order valence-corrected chi connectivity index (χ1v) is 6.74. The van der Waals surface area contributed by atoms with Crippen LogP contribution in [0.5, 0.6) is 5.75 Å². The van der Waals surface area contributed by atoms with Crippen LogP contribution in [0.1, 0.15) is 16.9 Å². The third-order valence-electron chi connectivity index (χ3n) is 3.15. The number of hydrogen-bond donors (Lipinski definition) is 2. The molecule has 2 N–H and O–H groups in total. The number of methoxy groups -OCH3 is 1. The standard InChI is InChI=1S/C15H19N3O3/c1-11-13(10-18-21-11)9-17-15(19)16-8-7-12-3-5-14(20-2)6-4-12/h3-6,10H,7-9H2,1-2H3,(H2,16,17,19). The molecule has 112 valence electrons. The Morgan fingerprint density at radius 3 is 2.67 bits per heavy atom. The summed E-state index contributed by atoms with van der Waals surface area (Å²) in [7, 11) is 1.64. The number of nitrogens with zero attached hydrogens (tertiary/aromatic N) is 1. The summed E-state index contributed by atoms with van der Waals surface area (Å²) in [5.74, 6) is 1.54. The van der Waals surface area contributed by atoms with Crippen molar-refractivity contribution < 1.29 is 14.1 Å². The van der Waals surface area contributed by atoms with Crippen LogP contribution in [0.15, 0.2) is 35.0 Å². The van der Waals surface area contributed by atoms with Gasteiger partial charge in [0.05, 0.1) is 13.3 Å². The number of benzene rings is 1. The van der Waals surface area contributed by atoms with Gasteiger partial charge in [-0.15, -0.1) is 0 Å². The van der Waals surface area contributed by atoms with E-state index in [-0.39, 0.29) is 6.03 Å². The van der Waals surface area contributed by atoms with Crippen LogP contribution in [0.3, 0.4) is 0 Å². The number of aryl methyl sites for hydroxylation is 1. The van der Waals surface area contributed by atoms with Gasteiger partial charge < -0.3 is 19.9 Å². The van der Waals surface area contributed by atoms with E-state index in [9.17, 15) is 4.79 Å². The highest BCUT2D eigenvalue weighted by atomic mass is 16.5. The molecule has 0 saturated carbocycles. The number of carbonyl (C=O) groups is 1.